The maximum atomic E-state index is 13.3. The molecule has 230 valence electrons. The first-order chi connectivity index (χ1) is 21.2. The van der Waals surface area contributed by atoms with Crippen molar-refractivity contribution in [3.05, 3.63) is 82.9 Å². The molecule has 0 aliphatic heterocycles. The molecule has 44 heavy (non-hydrogen) atoms. The van der Waals surface area contributed by atoms with Gasteiger partial charge >= 0.3 is 11.9 Å². The van der Waals surface area contributed by atoms with Crippen LogP contribution in [0.5, 0.6) is 11.5 Å². The van der Waals surface area contributed by atoms with E-state index in [2.05, 4.69) is 20.8 Å². The summed E-state index contributed by atoms with van der Waals surface area (Å²) < 4.78 is 24.2. The highest BCUT2D eigenvalue weighted by atomic mass is 16.5. The van der Waals surface area contributed by atoms with Crippen LogP contribution in [0.4, 0.5) is 11.4 Å². The minimum absolute atomic E-state index is 0.00544. The summed E-state index contributed by atoms with van der Waals surface area (Å²) in [4.78, 5) is 51.4. The SMILES string of the molecule is CCn1ccc(C(=O)Nc2cc(OC)c(OC)cc2C(=O)OCc2cc(C(=O)Nc3ccccc3C(=O)OC)nn2CC)n1. The third-order valence-electron chi connectivity index (χ3n) is 6.52. The van der Waals surface area contributed by atoms with E-state index in [0.29, 0.717) is 18.8 Å². The van der Waals surface area contributed by atoms with Crippen LogP contribution in [0.3, 0.4) is 0 Å². The maximum Gasteiger partial charge on any atom is 0.340 e. The molecule has 0 fully saturated rings. The van der Waals surface area contributed by atoms with Gasteiger partial charge in [-0.25, -0.2) is 9.59 Å². The van der Waals surface area contributed by atoms with Crippen molar-refractivity contribution in [1.29, 1.82) is 0 Å². The number of methoxy groups -OCH3 is 3. The van der Waals surface area contributed by atoms with Gasteiger partial charge in [0.2, 0.25) is 0 Å². The van der Waals surface area contributed by atoms with Crippen molar-refractivity contribution in [3.8, 4) is 11.5 Å². The van der Waals surface area contributed by atoms with Gasteiger partial charge in [0, 0.05) is 31.4 Å². The molecule has 0 saturated heterocycles. The highest BCUT2D eigenvalue weighted by Gasteiger charge is 2.23. The Kier molecular flexibility index (Phi) is 9.96. The second-order valence-corrected chi connectivity index (χ2v) is 9.17. The highest BCUT2D eigenvalue weighted by molar-refractivity contribution is 6.08. The van der Waals surface area contributed by atoms with E-state index >= 15 is 0 Å². The lowest BCUT2D eigenvalue weighted by Crippen LogP contribution is -2.17. The lowest BCUT2D eigenvalue weighted by Gasteiger charge is -2.15. The average molecular weight is 605 g/mol. The normalized spacial score (nSPS) is 10.6. The molecular weight excluding hydrogens is 572 g/mol. The van der Waals surface area contributed by atoms with E-state index in [9.17, 15) is 19.2 Å². The minimum atomic E-state index is -0.776. The number of hydrogen-bond acceptors (Lipinski definition) is 10. The van der Waals surface area contributed by atoms with Crippen LogP contribution >= 0.6 is 0 Å². The van der Waals surface area contributed by atoms with Crippen LogP contribution in [-0.4, -0.2) is 64.6 Å². The van der Waals surface area contributed by atoms with E-state index in [1.807, 2.05) is 13.8 Å². The summed E-state index contributed by atoms with van der Waals surface area (Å²) in [6.45, 7) is 4.42. The van der Waals surface area contributed by atoms with Gasteiger partial charge in [-0.1, -0.05) is 12.1 Å². The molecule has 2 aromatic heterocycles. The molecule has 14 heteroatoms. The molecule has 0 radical (unpaired) electrons. The van der Waals surface area contributed by atoms with Crippen molar-refractivity contribution in [3.63, 3.8) is 0 Å². The first-order valence-corrected chi connectivity index (χ1v) is 13.6. The predicted octanol–water partition coefficient (Wildman–Crippen LogP) is 3.78. The maximum absolute atomic E-state index is 13.3. The summed E-state index contributed by atoms with van der Waals surface area (Å²) in [5, 5.41) is 13.9. The summed E-state index contributed by atoms with van der Waals surface area (Å²) in [6, 6.07) is 12.3. The topological polar surface area (TPSA) is 165 Å². The molecule has 4 rings (SSSR count). The van der Waals surface area contributed by atoms with Gasteiger partial charge in [-0.15, -0.1) is 0 Å². The van der Waals surface area contributed by atoms with Gasteiger partial charge in [0.1, 0.15) is 6.61 Å². The molecule has 0 spiro atoms. The van der Waals surface area contributed by atoms with E-state index in [-0.39, 0.29) is 52.0 Å². The van der Waals surface area contributed by atoms with Crippen LogP contribution in [0, 0.1) is 0 Å². The number of ether oxygens (including phenoxy) is 4. The lowest BCUT2D eigenvalue weighted by molar-refractivity contribution is 0.0462. The third-order valence-corrected chi connectivity index (χ3v) is 6.52. The molecule has 0 atom stereocenters. The van der Waals surface area contributed by atoms with E-state index in [0.717, 1.165) is 0 Å². The first kappa shape index (κ1) is 31.3. The number of nitrogens with one attached hydrogen (secondary N) is 2. The number of carbonyl (C=O) groups is 4. The quantitative estimate of drug-likeness (QED) is 0.227. The molecule has 0 aliphatic carbocycles. The number of benzene rings is 2. The number of aromatic nitrogens is 4. The van der Waals surface area contributed by atoms with Gasteiger partial charge in [0.15, 0.2) is 22.9 Å². The van der Waals surface area contributed by atoms with Crippen LogP contribution in [0.15, 0.2) is 54.7 Å². The fourth-order valence-electron chi connectivity index (χ4n) is 4.24. The molecule has 0 saturated carbocycles. The number of para-hydroxylation sites is 1. The molecule has 2 aromatic carbocycles. The first-order valence-electron chi connectivity index (χ1n) is 13.6. The molecule has 0 aliphatic rings. The summed E-state index contributed by atoms with van der Waals surface area (Å²) in [6.07, 6.45) is 1.67. The lowest BCUT2D eigenvalue weighted by atomic mass is 10.1. The smallest absolute Gasteiger partial charge is 0.340 e. The Morgan fingerprint density at radius 2 is 1.43 bits per heavy atom. The van der Waals surface area contributed by atoms with Gasteiger partial charge in [0.05, 0.1) is 49.5 Å². The van der Waals surface area contributed by atoms with E-state index in [1.165, 1.54) is 50.3 Å². The molecule has 0 unspecified atom stereocenters. The number of hydrogen-bond donors (Lipinski definition) is 2. The Bertz CT molecular complexity index is 1690. The third kappa shape index (κ3) is 6.86. The molecule has 0 bridgehead atoms. The van der Waals surface area contributed by atoms with Crippen LogP contribution in [0.1, 0.15) is 61.2 Å². The number of carbonyl (C=O) groups excluding carboxylic acids is 4. The minimum Gasteiger partial charge on any atom is -0.493 e. The molecule has 2 heterocycles. The van der Waals surface area contributed by atoms with Gasteiger partial charge in [-0.3, -0.25) is 19.0 Å². The fourth-order valence-corrected chi connectivity index (χ4v) is 4.24. The standard InChI is InChI=1S/C30H32N6O8/c1-6-35-13-12-22(33-35)27(37)32-23-16-26(42-4)25(41-3)15-20(23)30(40)44-17-18-14-24(34-36(18)7-2)28(38)31-21-11-9-8-10-19(21)29(39)43-5/h8-16H,6-7,17H2,1-5H3,(H,31,38)(H,32,37). The van der Waals surface area contributed by atoms with E-state index < -0.39 is 23.8 Å². The molecule has 2 amide bonds. The Morgan fingerprint density at radius 3 is 2.09 bits per heavy atom. The van der Waals surface area contributed by atoms with E-state index in [4.69, 9.17) is 18.9 Å². The predicted molar refractivity (Wildman–Crippen MR) is 158 cm³/mol. The summed E-state index contributed by atoms with van der Waals surface area (Å²) >= 11 is 0. The molecule has 2 N–H and O–H groups in total. The average Bonchev–Trinajstić information content (AvgIpc) is 3.71. The van der Waals surface area contributed by atoms with Crippen LogP contribution in [0.2, 0.25) is 0 Å². The number of nitrogens with zero attached hydrogens (tertiary/aromatic N) is 4. The van der Waals surface area contributed by atoms with Crippen LogP contribution < -0.4 is 20.1 Å². The fraction of sp³-hybridized carbons (Fsp3) is 0.267. The number of amides is 2. The zero-order valence-electron chi connectivity index (χ0n) is 24.9. The Labute approximate surface area is 252 Å². The number of esters is 2. The van der Waals surface area contributed by atoms with Crippen molar-refractivity contribution < 1.29 is 38.1 Å². The largest absolute Gasteiger partial charge is 0.493 e. The molecule has 14 nitrogen and oxygen atoms in total. The number of anilines is 2. The summed E-state index contributed by atoms with van der Waals surface area (Å²) in [5.74, 6) is -1.95. The summed E-state index contributed by atoms with van der Waals surface area (Å²) in [7, 11) is 4.09. The number of aryl methyl sites for hydroxylation is 2. The van der Waals surface area contributed by atoms with Crippen molar-refractivity contribution >= 4 is 35.1 Å². The van der Waals surface area contributed by atoms with Crippen molar-refractivity contribution in [2.75, 3.05) is 32.0 Å². The van der Waals surface area contributed by atoms with Crippen LogP contribution in [0.25, 0.3) is 0 Å². The number of rotatable bonds is 12. The second kappa shape index (κ2) is 14.0. The summed E-state index contributed by atoms with van der Waals surface area (Å²) in [5.41, 5.74) is 1.21. The van der Waals surface area contributed by atoms with Gasteiger partial charge in [-0.05, 0) is 38.1 Å². The zero-order valence-corrected chi connectivity index (χ0v) is 24.9. The monoisotopic (exact) mass is 604 g/mol. The second-order valence-electron chi connectivity index (χ2n) is 9.17. The van der Waals surface area contributed by atoms with Crippen molar-refractivity contribution in [2.45, 2.75) is 33.5 Å². The Hall–Kier alpha value is -5.66. The highest BCUT2D eigenvalue weighted by Crippen LogP contribution is 2.34. The Morgan fingerprint density at radius 1 is 0.750 bits per heavy atom. The van der Waals surface area contributed by atoms with Gasteiger partial charge in [0.25, 0.3) is 11.8 Å². The molecule has 4 aromatic rings. The van der Waals surface area contributed by atoms with Crippen molar-refractivity contribution in [2.24, 2.45) is 0 Å². The zero-order chi connectivity index (χ0) is 31.8. The van der Waals surface area contributed by atoms with Gasteiger partial charge < -0.3 is 29.6 Å². The molecular formula is C30H32N6O8. The Balaban J connectivity index is 1.54. The van der Waals surface area contributed by atoms with Gasteiger partial charge in [-0.2, -0.15) is 10.2 Å². The van der Waals surface area contributed by atoms with Crippen LogP contribution in [-0.2, 0) is 29.2 Å². The van der Waals surface area contributed by atoms with Crippen molar-refractivity contribution in [1.82, 2.24) is 19.6 Å². The van der Waals surface area contributed by atoms with E-state index in [1.54, 1.807) is 35.1 Å².